The molecule has 1 aromatic rings. The Hall–Kier alpha value is -1.75. The number of nitrogens with one attached hydrogen (secondary N) is 1. The van der Waals surface area contributed by atoms with Gasteiger partial charge in [-0.2, -0.15) is 5.26 Å². The quantitative estimate of drug-likeness (QED) is 0.293. The zero-order valence-corrected chi connectivity index (χ0v) is 8.77. The van der Waals surface area contributed by atoms with Gasteiger partial charge in [-0.25, -0.2) is 22.0 Å². The van der Waals surface area contributed by atoms with Gasteiger partial charge in [0.2, 0.25) is 5.82 Å². The molecule has 1 N–H and O–H groups in total. The molecule has 0 aliphatic carbocycles. The minimum Gasteiger partial charge on any atom is -0.363 e. The maximum Gasteiger partial charge on any atom is 0.200 e. The van der Waals surface area contributed by atoms with Crippen molar-refractivity contribution < 1.29 is 22.0 Å². The average Bonchev–Trinajstić information content (AvgIpc) is 2.31. The maximum atomic E-state index is 13.1. The topological polar surface area (TPSA) is 35.8 Å². The molecule has 8 heteroatoms. The van der Waals surface area contributed by atoms with E-state index in [-0.39, 0.29) is 0 Å². The van der Waals surface area contributed by atoms with Crippen molar-refractivity contribution in [3.8, 4) is 6.07 Å². The third-order valence-electron chi connectivity index (χ3n) is 1.76. The van der Waals surface area contributed by atoms with Crippen LogP contribution in [0.3, 0.4) is 0 Å². The first-order valence-electron chi connectivity index (χ1n) is 4.08. The zero-order chi connectivity index (χ0) is 13.2. The Balaban J connectivity index is 3.35. The van der Waals surface area contributed by atoms with Gasteiger partial charge in [-0.1, -0.05) is 12.2 Å². The Kier molecular flexibility index (Phi) is 3.96. The van der Waals surface area contributed by atoms with Crippen LogP contribution in [0.5, 0.6) is 0 Å². The summed E-state index contributed by atoms with van der Waals surface area (Å²) < 4.78 is 64.5. The van der Waals surface area contributed by atoms with E-state index in [1.807, 2.05) is 5.32 Å². The summed E-state index contributed by atoms with van der Waals surface area (Å²) in [6.45, 7) is -0.418. The summed E-state index contributed by atoms with van der Waals surface area (Å²) in [6.07, 6.45) is 0. The van der Waals surface area contributed by atoms with Crippen LogP contribution in [0, 0.1) is 40.4 Å². The molecule has 0 atom stereocenters. The van der Waals surface area contributed by atoms with Crippen LogP contribution in [0.4, 0.5) is 22.0 Å². The minimum absolute atomic E-state index is 0.418. The standard InChI is InChI=1S/C9H3F5N2S/c10-4-3(9(17)16-2-1-15)5(11)7(13)8(14)6(4)12/h2H2,(H,16,17). The first-order chi connectivity index (χ1) is 7.91. The fourth-order valence-corrected chi connectivity index (χ4v) is 1.26. The maximum absolute atomic E-state index is 13.1. The van der Waals surface area contributed by atoms with Crippen LogP contribution in [-0.4, -0.2) is 11.5 Å². The van der Waals surface area contributed by atoms with E-state index in [0.717, 1.165) is 0 Å². The summed E-state index contributed by atoms with van der Waals surface area (Å²) in [7, 11) is 0. The SMILES string of the molecule is N#CCNC(=S)c1c(F)c(F)c(F)c(F)c1F. The molecule has 0 bridgehead atoms. The molecule has 2 nitrogen and oxygen atoms in total. The average molecular weight is 266 g/mol. The molecule has 17 heavy (non-hydrogen) atoms. The third-order valence-corrected chi connectivity index (χ3v) is 2.11. The normalized spacial score (nSPS) is 9.88. The second-order valence-electron chi connectivity index (χ2n) is 2.79. The molecule has 0 saturated heterocycles. The summed E-state index contributed by atoms with van der Waals surface area (Å²) in [5.74, 6) is -10.5. The van der Waals surface area contributed by atoms with Crippen LogP contribution >= 0.6 is 12.2 Å². The molecule has 0 saturated carbocycles. The molecule has 0 aliphatic rings. The fourth-order valence-electron chi connectivity index (χ4n) is 1.01. The lowest BCUT2D eigenvalue weighted by molar-refractivity contribution is 0.377. The van der Waals surface area contributed by atoms with Gasteiger partial charge >= 0.3 is 0 Å². The van der Waals surface area contributed by atoms with Gasteiger partial charge in [-0.15, -0.1) is 0 Å². The van der Waals surface area contributed by atoms with E-state index in [2.05, 4.69) is 12.2 Å². The highest BCUT2D eigenvalue weighted by atomic mass is 32.1. The summed E-state index contributed by atoms with van der Waals surface area (Å²) in [6, 6.07) is 1.54. The van der Waals surface area contributed by atoms with Gasteiger partial charge in [-0.05, 0) is 0 Å². The van der Waals surface area contributed by atoms with E-state index < -0.39 is 46.2 Å². The molecule has 0 aliphatic heterocycles. The van der Waals surface area contributed by atoms with Crippen LogP contribution in [0.25, 0.3) is 0 Å². The van der Waals surface area contributed by atoms with E-state index in [1.54, 1.807) is 6.07 Å². The lowest BCUT2D eigenvalue weighted by Crippen LogP contribution is -2.26. The van der Waals surface area contributed by atoms with Gasteiger partial charge in [0.25, 0.3) is 0 Å². The molecule has 0 aromatic heterocycles. The predicted molar refractivity (Wildman–Crippen MR) is 51.5 cm³/mol. The van der Waals surface area contributed by atoms with Gasteiger partial charge in [0.05, 0.1) is 11.6 Å². The molecule has 1 rings (SSSR count). The largest absolute Gasteiger partial charge is 0.363 e. The van der Waals surface area contributed by atoms with Crippen LogP contribution in [-0.2, 0) is 0 Å². The summed E-state index contributed by atoms with van der Waals surface area (Å²) in [5, 5.41) is 10.2. The van der Waals surface area contributed by atoms with Crippen molar-refractivity contribution in [3.63, 3.8) is 0 Å². The molecule has 0 radical (unpaired) electrons. The second-order valence-corrected chi connectivity index (χ2v) is 3.19. The highest BCUT2D eigenvalue weighted by molar-refractivity contribution is 7.80. The first-order valence-corrected chi connectivity index (χ1v) is 4.49. The van der Waals surface area contributed by atoms with Crippen molar-refractivity contribution in [2.45, 2.75) is 0 Å². The number of rotatable bonds is 2. The van der Waals surface area contributed by atoms with Crippen molar-refractivity contribution in [1.82, 2.24) is 5.32 Å². The molecule has 1 aromatic carbocycles. The van der Waals surface area contributed by atoms with E-state index >= 15 is 0 Å². The monoisotopic (exact) mass is 266 g/mol. The smallest absolute Gasteiger partial charge is 0.200 e. The van der Waals surface area contributed by atoms with Crippen LogP contribution in [0.15, 0.2) is 0 Å². The first kappa shape index (κ1) is 13.3. The van der Waals surface area contributed by atoms with Crippen molar-refractivity contribution >= 4 is 17.2 Å². The number of halogens is 5. The Bertz CT molecular complexity index is 494. The highest BCUT2D eigenvalue weighted by Gasteiger charge is 2.27. The van der Waals surface area contributed by atoms with Gasteiger partial charge in [0.1, 0.15) is 11.5 Å². The number of hydrogen-bond acceptors (Lipinski definition) is 2. The molecule has 0 unspecified atom stereocenters. The zero-order valence-electron chi connectivity index (χ0n) is 7.95. The lowest BCUT2D eigenvalue weighted by atomic mass is 10.1. The fraction of sp³-hybridized carbons (Fsp3) is 0.111. The van der Waals surface area contributed by atoms with Gasteiger partial charge in [0.15, 0.2) is 23.3 Å². The van der Waals surface area contributed by atoms with E-state index in [0.29, 0.717) is 0 Å². The Morgan fingerprint density at radius 3 is 1.82 bits per heavy atom. The van der Waals surface area contributed by atoms with Crippen molar-refractivity contribution in [2.24, 2.45) is 0 Å². The molecular weight excluding hydrogens is 263 g/mol. The van der Waals surface area contributed by atoms with E-state index in [1.165, 1.54) is 0 Å². The van der Waals surface area contributed by atoms with Gasteiger partial charge in [0, 0.05) is 0 Å². The molecule has 0 fully saturated rings. The molecular formula is C9H3F5N2S. The highest BCUT2D eigenvalue weighted by Crippen LogP contribution is 2.23. The van der Waals surface area contributed by atoms with Crippen molar-refractivity contribution in [3.05, 3.63) is 34.6 Å². The summed E-state index contributed by atoms with van der Waals surface area (Å²) in [4.78, 5) is -0.723. The molecule has 0 amide bonds. The van der Waals surface area contributed by atoms with E-state index in [4.69, 9.17) is 5.26 Å². The van der Waals surface area contributed by atoms with Gasteiger partial charge in [-0.3, -0.25) is 0 Å². The Morgan fingerprint density at radius 2 is 1.41 bits per heavy atom. The second kappa shape index (κ2) is 5.05. The Labute approximate surface area is 97.7 Å². The van der Waals surface area contributed by atoms with Crippen molar-refractivity contribution in [1.29, 1.82) is 5.26 Å². The predicted octanol–water partition coefficient (Wildman–Crippen LogP) is 2.17. The molecule has 90 valence electrons. The summed E-state index contributed by atoms with van der Waals surface area (Å²) in [5.41, 5.74) is -1.24. The molecule has 0 heterocycles. The minimum atomic E-state index is -2.26. The van der Waals surface area contributed by atoms with Crippen molar-refractivity contribution in [2.75, 3.05) is 6.54 Å². The molecule has 0 spiro atoms. The number of nitrogens with zero attached hydrogens (tertiary/aromatic N) is 1. The third kappa shape index (κ3) is 2.34. The number of hydrogen-bond donors (Lipinski definition) is 1. The van der Waals surface area contributed by atoms with Crippen LogP contribution < -0.4 is 5.32 Å². The lowest BCUT2D eigenvalue weighted by Gasteiger charge is -2.09. The number of nitriles is 1. The van der Waals surface area contributed by atoms with Crippen LogP contribution in [0.2, 0.25) is 0 Å². The van der Waals surface area contributed by atoms with E-state index in [9.17, 15) is 22.0 Å². The Morgan fingerprint density at radius 1 is 1.00 bits per heavy atom. The van der Waals surface area contributed by atoms with Gasteiger partial charge < -0.3 is 5.32 Å². The number of benzene rings is 1. The summed E-state index contributed by atoms with van der Waals surface area (Å²) >= 11 is 4.43. The number of thiocarbonyl (C=S) groups is 1. The van der Waals surface area contributed by atoms with Crippen LogP contribution in [0.1, 0.15) is 5.56 Å².